The Morgan fingerprint density at radius 3 is 2.45 bits per heavy atom. The van der Waals surface area contributed by atoms with Gasteiger partial charge in [-0.3, -0.25) is 4.79 Å². The van der Waals surface area contributed by atoms with Crippen LogP contribution in [0.4, 0.5) is 0 Å². The van der Waals surface area contributed by atoms with E-state index in [1.165, 1.54) is 19.3 Å². The topological polar surface area (TPSA) is 103 Å². The van der Waals surface area contributed by atoms with Crippen molar-refractivity contribution in [3.05, 3.63) is 23.8 Å². The molecule has 1 amide bonds. The van der Waals surface area contributed by atoms with E-state index in [-0.39, 0.29) is 23.8 Å². The molecule has 1 aromatic carbocycles. The zero-order chi connectivity index (χ0) is 27.5. The largest absolute Gasteiger partial charge is 0.493 e. The highest BCUT2D eigenvalue weighted by molar-refractivity contribution is 5.84. The van der Waals surface area contributed by atoms with Crippen LogP contribution in [0.3, 0.4) is 0 Å². The number of carbonyl (C=O) groups is 1. The van der Waals surface area contributed by atoms with Crippen LogP contribution < -0.4 is 20.5 Å². The van der Waals surface area contributed by atoms with Gasteiger partial charge in [0.05, 0.1) is 25.2 Å². The van der Waals surface area contributed by atoms with Gasteiger partial charge in [-0.15, -0.1) is 0 Å². The highest BCUT2D eigenvalue weighted by Gasteiger charge is 2.49. The summed E-state index contributed by atoms with van der Waals surface area (Å²) >= 11 is 0. The molecule has 0 bridgehead atoms. The lowest BCUT2D eigenvalue weighted by atomic mass is 9.57. The molecule has 0 aromatic heterocycles. The molecular formula is C31H52N2O5. The molecule has 4 N–H and O–H groups in total. The minimum atomic E-state index is -0.765. The molecular weight excluding hydrogens is 480 g/mol. The van der Waals surface area contributed by atoms with Gasteiger partial charge in [-0.2, -0.15) is 0 Å². The average Bonchev–Trinajstić information content (AvgIpc) is 2.89. The van der Waals surface area contributed by atoms with Crippen LogP contribution in [0.5, 0.6) is 11.5 Å². The third-order valence-electron chi connectivity index (χ3n) is 9.04. The van der Waals surface area contributed by atoms with Crippen molar-refractivity contribution in [1.82, 2.24) is 5.32 Å². The number of aliphatic hydroxyl groups is 1. The number of ether oxygens (including phenoxy) is 3. The molecule has 0 heterocycles. The lowest BCUT2D eigenvalue weighted by Crippen LogP contribution is -2.53. The van der Waals surface area contributed by atoms with E-state index in [1.54, 1.807) is 14.2 Å². The van der Waals surface area contributed by atoms with Crippen LogP contribution in [-0.2, 0) is 16.0 Å². The zero-order valence-electron chi connectivity index (χ0n) is 24.2. The Morgan fingerprint density at radius 1 is 1.11 bits per heavy atom. The summed E-state index contributed by atoms with van der Waals surface area (Å²) in [5.41, 5.74) is 7.45. The van der Waals surface area contributed by atoms with Crippen LogP contribution in [0, 0.1) is 23.2 Å². The molecule has 7 heteroatoms. The van der Waals surface area contributed by atoms with Gasteiger partial charge in [0.15, 0.2) is 11.5 Å². The molecule has 216 valence electrons. The van der Waals surface area contributed by atoms with Gasteiger partial charge in [-0.1, -0.05) is 45.6 Å². The first kappa shape index (κ1) is 30.7. The van der Waals surface area contributed by atoms with Crippen molar-refractivity contribution in [3.63, 3.8) is 0 Å². The van der Waals surface area contributed by atoms with Crippen LogP contribution in [-0.4, -0.2) is 57.1 Å². The fraction of sp³-hybridized carbons (Fsp3) is 0.774. The van der Waals surface area contributed by atoms with Crippen molar-refractivity contribution in [2.75, 3.05) is 34.0 Å². The number of benzene rings is 1. The molecule has 0 aliphatic heterocycles. The number of rotatable bonds is 16. The van der Waals surface area contributed by atoms with Crippen LogP contribution in [0.2, 0.25) is 0 Å². The maximum atomic E-state index is 13.2. The fourth-order valence-corrected chi connectivity index (χ4v) is 6.31. The van der Waals surface area contributed by atoms with E-state index in [2.05, 4.69) is 25.2 Å². The monoisotopic (exact) mass is 532 g/mol. The number of hydrogen-bond acceptors (Lipinski definition) is 6. The van der Waals surface area contributed by atoms with E-state index in [9.17, 15) is 9.90 Å². The normalized spacial score (nSPS) is 19.9. The average molecular weight is 533 g/mol. The molecule has 7 nitrogen and oxygen atoms in total. The first-order valence-corrected chi connectivity index (χ1v) is 14.8. The molecule has 2 aliphatic rings. The molecule has 3 unspecified atom stereocenters. The van der Waals surface area contributed by atoms with Gasteiger partial charge in [-0.25, -0.2) is 0 Å². The fourth-order valence-electron chi connectivity index (χ4n) is 6.31. The number of nitrogens with one attached hydrogen (secondary N) is 1. The lowest BCUT2D eigenvalue weighted by Gasteiger charge is -2.48. The first-order chi connectivity index (χ1) is 18.3. The molecule has 38 heavy (non-hydrogen) atoms. The van der Waals surface area contributed by atoms with Crippen molar-refractivity contribution in [2.24, 2.45) is 28.9 Å². The standard InChI is InChI=1S/C31H52N2O5/c1-22(2)24(18-23-12-13-28(37-4)29(19-23)38-17-9-16-36-3)20-26(32)27(34)21-33-30(35)31(14-8-15-31)25-10-6-5-7-11-25/h12-13,19,22,24-27,34H,5-11,14-18,20-21,32H2,1-4H3,(H,33,35). The van der Waals surface area contributed by atoms with Gasteiger partial charge in [0.25, 0.3) is 0 Å². The predicted molar refractivity (Wildman–Crippen MR) is 151 cm³/mol. The number of aliphatic hydroxyl groups excluding tert-OH is 1. The number of methoxy groups -OCH3 is 2. The Hall–Kier alpha value is -1.83. The molecule has 3 atom stereocenters. The maximum absolute atomic E-state index is 13.2. The third kappa shape index (κ3) is 8.09. The van der Waals surface area contributed by atoms with E-state index in [0.29, 0.717) is 37.2 Å². The second-order valence-corrected chi connectivity index (χ2v) is 11.9. The lowest BCUT2D eigenvalue weighted by molar-refractivity contribution is -0.142. The van der Waals surface area contributed by atoms with Crippen molar-refractivity contribution in [2.45, 2.75) is 96.6 Å². The molecule has 0 spiro atoms. The number of hydrogen-bond donors (Lipinski definition) is 3. The molecule has 2 aliphatic carbocycles. The predicted octanol–water partition coefficient (Wildman–Crippen LogP) is 4.87. The van der Waals surface area contributed by atoms with Crippen LogP contribution in [0.1, 0.15) is 83.6 Å². The Balaban J connectivity index is 1.54. The van der Waals surface area contributed by atoms with Crippen LogP contribution in [0.25, 0.3) is 0 Å². The minimum absolute atomic E-state index is 0.138. The van der Waals surface area contributed by atoms with Gasteiger partial charge in [0.1, 0.15) is 0 Å². The van der Waals surface area contributed by atoms with E-state index in [4.69, 9.17) is 19.9 Å². The number of carbonyl (C=O) groups excluding carboxylic acids is 1. The molecule has 0 saturated heterocycles. The number of amides is 1. The van der Waals surface area contributed by atoms with E-state index >= 15 is 0 Å². The highest BCUT2D eigenvalue weighted by Crippen LogP contribution is 2.52. The van der Waals surface area contributed by atoms with Crippen LogP contribution in [0.15, 0.2) is 18.2 Å². The molecule has 2 saturated carbocycles. The Kier molecular flexibility index (Phi) is 12.2. The minimum Gasteiger partial charge on any atom is -0.493 e. The maximum Gasteiger partial charge on any atom is 0.226 e. The third-order valence-corrected chi connectivity index (χ3v) is 9.04. The Bertz CT molecular complexity index is 851. The molecule has 3 rings (SSSR count). The van der Waals surface area contributed by atoms with Crippen molar-refractivity contribution < 1.29 is 24.1 Å². The molecule has 2 fully saturated rings. The molecule has 0 radical (unpaired) electrons. The summed E-state index contributed by atoms with van der Waals surface area (Å²) in [6, 6.07) is 5.66. The van der Waals surface area contributed by atoms with Crippen molar-refractivity contribution in [3.8, 4) is 11.5 Å². The summed E-state index contributed by atoms with van der Waals surface area (Å²) in [5.74, 6) is 2.76. The molecule has 1 aromatic rings. The highest BCUT2D eigenvalue weighted by atomic mass is 16.5. The van der Waals surface area contributed by atoms with Crippen molar-refractivity contribution in [1.29, 1.82) is 0 Å². The smallest absolute Gasteiger partial charge is 0.226 e. The summed E-state index contributed by atoms with van der Waals surface area (Å²) < 4.78 is 16.6. The summed E-state index contributed by atoms with van der Waals surface area (Å²) in [5, 5.41) is 14.0. The second-order valence-electron chi connectivity index (χ2n) is 11.9. The number of nitrogens with two attached hydrogens (primary N) is 1. The van der Waals surface area contributed by atoms with Gasteiger partial charge in [0, 0.05) is 32.7 Å². The Labute approximate surface area is 230 Å². The van der Waals surface area contributed by atoms with Gasteiger partial charge >= 0.3 is 0 Å². The second kappa shape index (κ2) is 15.1. The summed E-state index contributed by atoms with van der Waals surface area (Å²) in [6.07, 6.45) is 10.7. The van der Waals surface area contributed by atoms with Gasteiger partial charge < -0.3 is 30.4 Å². The van der Waals surface area contributed by atoms with E-state index < -0.39 is 12.1 Å². The van der Waals surface area contributed by atoms with E-state index in [0.717, 1.165) is 56.3 Å². The van der Waals surface area contributed by atoms with Crippen LogP contribution >= 0.6 is 0 Å². The summed E-state index contributed by atoms with van der Waals surface area (Å²) in [6.45, 7) is 5.83. The summed E-state index contributed by atoms with van der Waals surface area (Å²) in [7, 11) is 3.33. The summed E-state index contributed by atoms with van der Waals surface area (Å²) in [4.78, 5) is 13.2. The zero-order valence-corrected chi connectivity index (χ0v) is 24.2. The Morgan fingerprint density at radius 2 is 1.84 bits per heavy atom. The first-order valence-electron chi connectivity index (χ1n) is 14.8. The van der Waals surface area contributed by atoms with E-state index in [1.807, 2.05) is 12.1 Å². The van der Waals surface area contributed by atoms with Crippen molar-refractivity contribution >= 4 is 5.91 Å². The van der Waals surface area contributed by atoms with Gasteiger partial charge in [0.2, 0.25) is 5.91 Å². The SMILES string of the molecule is COCCCOc1cc(CC(CC(N)C(O)CNC(=O)C2(C3CCCCC3)CCC2)C(C)C)ccc1OC. The van der Waals surface area contributed by atoms with Gasteiger partial charge in [-0.05, 0) is 74.0 Å². The quantitative estimate of drug-likeness (QED) is 0.263.